The van der Waals surface area contributed by atoms with Crippen LogP contribution in [-0.4, -0.2) is 4.98 Å². The van der Waals surface area contributed by atoms with Crippen molar-refractivity contribution in [1.82, 2.24) is 4.98 Å². The number of hydrogen-bond acceptors (Lipinski definition) is 3. The van der Waals surface area contributed by atoms with Crippen molar-refractivity contribution in [2.75, 3.05) is 0 Å². The molecule has 18 heavy (non-hydrogen) atoms. The smallest absolute Gasteiger partial charge is 0.0431 e. The van der Waals surface area contributed by atoms with E-state index in [0.717, 1.165) is 6.42 Å². The Labute approximate surface area is 110 Å². The highest BCUT2D eigenvalue weighted by atomic mass is 32.1. The summed E-state index contributed by atoms with van der Waals surface area (Å²) in [5, 5.41) is 1.28. The van der Waals surface area contributed by atoms with Gasteiger partial charge in [-0.25, -0.2) is 0 Å². The summed E-state index contributed by atoms with van der Waals surface area (Å²) in [6.45, 7) is 0. The van der Waals surface area contributed by atoms with Crippen LogP contribution in [0.3, 0.4) is 0 Å². The lowest BCUT2D eigenvalue weighted by Crippen LogP contribution is -2.11. The molecule has 0 fully saturated rings. The van der Waals surface area contributed by atoms with E-state index in [2.05, 4.69) is 41.4 Å². The van der Waals surface area contributed by atoms with Crippen molar-refractivity contribution in [3.63, 3.8) is 0 Å². The highest BCUT2D eigenvalue weighted by Gasteiger charge is 2.10. The highest BCUT2D eigenvalue weighted by Crippen LogP contribution is 2.30. The maximum absolute atomic E-state index is 6.27. The summed E-state index contributed by atoms with van der Waals surface area (Å²) in [7, 11) is 0. The fraction of sp³-hybridized carbons (Fsp3) is 0.133. The summed E-state index contributed by atoms with van der Waals surface area (Å²) in [6.07, 6.45) is 4.50. The molecule has 0 radical (unpaired) electrons. The second kappa shape index (κ2) is 4.88. The molecule has 0 saturated heterocycles. The van der Waals surface area contributed by atoms with Crippen LogP contribution < -0.4 is 5.73 Å². The Morgan fingerprint density at radius 3 is 2.83 bits per heavy atom. The minimum absolute atomic E-state index is 0.0478. The van der Waals surface area contributed by atoms with Gasteiger partial charge in [-0.05, 0) is 35.6 Å². The van der Waals surface area contributed by atoms with Crippen LogP contribution in [0.25, 0.3) is 10.1 Å². The Morgan fingerprint density at radius 2 is 2.06 bits per heavy atom. The van der Waals surface area contributed by atoms with Gasteiger partial charge in [0.15, 0.2) is 0 Å². The SMILES string of the molecule is NC(Cc1cccnc1)c1cc2ccccc2s1. The topological polar surface area (TPSA) is 38.9 Å². The maximum Gasteiger partial charge on any atom is 0.0431 e. The Bertz CT molecular complexity index is 613. The highest BCUT2D eigenvalue weighted by molar-refractivity contribution is 7.19. The summed E-state index contributed by atoms with van der Waals surface area (Å²) in [5.74, 6) is 0. The second-order valence-electron chi connectivity index (χ2n) is 4.36. The van der Waals surface area contributed by atoms with Gasteiger partial charge in [0, 0.05) is 28.0 Å². The first-order chi connectivity index (χ1) is 8.83. The van der Waals surface area contributed by atoms with Crippen LogP contribution in [0, 0.1) is 0 Å². The maximum atomic E-state index is 6.27. The molecular weight excluding hydrogens is 240 g/mol. The Balaban J connectivity index is 1.86. The molecular formula is C15H14N2S. The number of fused-ring (bicyclic) bond motifs is 1. The quantitative estimate of drug-likeness (QED) is 0.776. The lowest BCUT2D eigenvalue weighted by Gasteiger charge is -2.08. The Kier molecular flexibility index (Phi) is 3.09. The Hall–Kier alpha value is -1.71. The summed E-state index contributed by atoms with van der Waals surface area (Å²) in [6, 6.07) is 14.7. The molecule has 0 bridgehead atoms. The van der Waals surface area contributed by atoms with Gasteiger partial charge < -0.3 is 5.73 Å². The monoisotopic (exact) mass is 254 g/mol. The van der Waals surface area contributed by atoms with Gasteiger partial charge in [0.25, 0.3) is 0 Å². The van der Waals surface area contributed by atoms with Gasteiger partial charge in [-0.15, -0.1) is 11.3 Å². The molecule has 1 unspecified atom stereocenters. The van der Waals surface area contributed by atoms with Crippen molar-refractivity contribution in [3.8, 4) is 0 Å². The van der Waals surface area contributed by atoms with Crippen molar-refractivity contribution >= 4 is 21.4 Å². The number of benzene rings is 1. The molecule has 1 atom stereocenters. The van der Waals surface area contributed by atoms with E-state index in [1.54, 1.807) is 17.5 Å². The molecule has 0 spiro atoms. The first kappa shape index (κ1) is 11.4. The average molecular weight is 254 g/mol. The molecule has 0 aliphatic heterocycles. The minimum atomic E-state index is 0.0478. The molecule has 1 aromatic carbocycles. The zero-order valence-electron chi connectivity index (χ0n) is 9.91. The zero-order valence-corrected chi connectivity index (χ0v) is 10.7. The van der Waals surface area contributed by atoms with Crippen LogP contribution in [0.15, 0.2) is 54.9 Å². The summed E-state index contributed by atoms with van der Waals surface area (Å²) in [4.78, 5) is 5.36. The van der Waals surface area contributed by atoms with Crippen molar-refractivity contribution in [1.29, 1.82) is 0 Å². The summed E-state index contributed by atoms with van der Waals surface area (Å²) in [5.41, 5.74) is 7.46. The standard InChI is InChI=1S/C15H14N2S/c16-13(8-11-4-3-7-17-10-11)15-9-12-5-1-2-6-14(12)18-15/h1-7,9-10,13H,8,16H2. The van der Waals surface area contributed by atoms with Gasteiger partial charge in [0.05, 0.1) is 0 Å². The fourth-order valence-electron chi connectivity index (χ4n) is 2.06. The molecule has 0 aliphatic carbocycles. The molecule has 2 heterocycles. The van der Waals surface area contributed by atoms with Gasteiger partial charge in [-0.1, -0.05) is 24.3 Å². The van der Waals surface area contributed by atoms with E-state index in [0.29, 0.717) is 0 Å². The van der Waals surface area contributed by atoms with Crippen LogP contribution in [0.1, 0.15) is 16.5 Å². The number of nitrogens with two attached hydrogens (primary N) is 1. The third-order valence-electron chi connectivity index (χ3n) is 2.99. The molecule has 90 valence electrons. The van der Waals surface area contributed by atoms with E-state index < -0.39 is 0 Å². The largest absolute Gasteiger partial charge is 0.323 e. The minimum Gasteiger partial charge on any atom is -0.323 e. The number of pyridine rings is 1. The van der Waals surface area contributed by atoms with Crippen LogP contribution in [-0.2, 0) is 6.42 Å². The van der Waals surface area contributed by atoms with Gasteiger partial charge in [0.2, 0.25) is 0 Å². The van der Waals surface area contributed by atoms with E-state index >= 15 is 0 Å². The molecule has 2 nitrogen and oxygen atoms in total. The summed E-state index contributed by atoms with van der Waals surface area (Å²) >= 11 is 1.78. The van der Waals surface area contributed by atoms with Gasteiger partial charge in [-0.2, -0.15) is 0 Å². The normalized spacial score (nSPS) is 12.7. The van der Waals surface area contributed by atoms with Gasteiger partial charge in [-0.3, -0.25) is 4.98 Å². The average Bonchev–Trinajstić information content (AvgIpc) is 2.84. The molecule has 2 aromatic heterocycles. The molecule has 3 aromatic rings. The fourth-order valence-corrected chi connectivity index (χ4v) is 3.12. The number of thiophene rings is 1. The van der Waals surface area contributed by atoms with Crippen LogP contribution in [0.5, 0.6) is 0 Å². The molecule has 0 saturated carbocycles. The third kappa shape index (κ3) is 2.28. The zero-order chi connectivity index (χ0) is 12.4. The molecule has 0 aliphatic rings. The van der Waals surface area contributed by atoms with Crippen molar-refractivity contribution in [3.05, 3.63) is 65.3 Å². The van der Waals surface area contributed by atoms with Crippen LogP contribution in [0.2, 0.25) is 0 Å². The molecule has 0 amide bonds. The Morgan fingerprint density at radius 1 is 1.17 bits per heavy atom. The van der Waals surface area contributed by atoms with Crippen molar-refractivity contribution < 1.29 is 0 Å². The molecule has 3 rings (SSSR count). The second-order valence-corrected chi connectivity index (χ2v) is 5.47. The lowest BCUT2D eigenvalue weighted by atomic mass is 10.1. The van der Waals surface area contributed by atoms with E-state index in [1.165, 1.54) is 20.5 Å². The van der Waals surface area contributed by atoms with E-state index in [1.807, 2.05) is 12.3 Å². The van der Waals surface area contributed by atoms with E-state index in [9.17, 15) is 0 Å². The number of nitrogens with zero attached hydrogens (tertiary/aromatic N) is 1. The van der Waals surface area contributed by atoms with E-state index in [4.69, 9.17) is 5.73 Å². The summed E-state index contributed by atoms with van der Waals surface area (Å²) < 4.78 is 1.30. The van der Waals surface area contributed by atoms with E-state index in [-0.39, 0.29) is 6.04 Å². The lowest BCUT2D eigenvalue weighted by molar-refractivity contribution is 0.734. The predicted molar refractivity (Wildman–Crippen MR) is 76.7 cm³/mol. The first-order valence-electron chi connectivity index (χ1n) is 5.96. The predicted octanol–water partition coefficient (Wildman–Crippen LogP) is 3.54. The van der Waals surface area contributed by atoms with Gasteiger partial charge >= 0.3 is 0 Å². The van der Waals surface area contributed by atoms with Crippen LogP contribution >= 0.6 is 11.3 Å². The molecule has 3 heteroatoms. The third-order valence-corrected chi connectivity index (χ3v) is 4.24. The van der Waals surface area contributed by atoms with Gasteiger partial charge in [0.1, 0.15) is 0 Å². The number of hydrogen-bond donors (Lipinski definition) is 1. The van der Waals surface area contributed by atoms with Crippen molar-refractivity contribution in [2.24, 2.45) is 5.73 Å². The van der Waals surface area contributed by atoms with Crippen LogP contribution in [0.4, 0.5) is 0 Å². The van der Waals surface area contributed by atoms with Crippen molar-refractivity contribution in [2.45, 2.75) is 12.5 Å². The molecule has 2 N–H and O–H groups in total. The number of rotatable bonds is 3. The number of aromatic nitrogens is 1. The first-order valence-corrected chi connectivity index (χ1v) is 6.77.